The number of rotatable bonds is 3. The first kappa shape index (κ1) is 17.0. The van der Waals surface area contributed by atoms with E-state index >= 15 is 0 Å². The summed E-state index contributed by atoms with van der Waals surface area (Å²) in [4.78, 5) is 17.0. The number of nitrogens with zero attached hydrogens (tertiary/aromatic N) is 4. The first-order valence-corrected chi connectivity index (χ1v) is 8.51. The van der Waals surface area contributed by atoms with Crippen molar-refractivity contribution in [3.63, 3.8) is 0 Å². The van der Waals surface area contributed by atoms with E-state index in [2.05, 4.69) is 10.3 Å². The first-order chi connectivity index (χ1) is 12.9. The summed E-state index contributed by atoms with van der Waals surface area (Å²) < 4.78 is 15.1. The number of carbonyl (C=O) groups excluding carboxylic acids is 1. The Morgan fingerprint density at radius 3 is 2.48 bits per heavy atom. The smallest absolute Gasteiger partial charge is 0.160 e. The van der Waals surface area contributed by atoms with Gasteiger partial charge in [0, 0.05) is 23.6 Å². The van der Waals surface area contributed by atoms with Gasteiger partial charge in [0.05, 0.1) is 17.4 Å². The fraction of sp³-hybridized carbons (Fsp3) is 0.143. The number of aromatic nitrogens is 4. The zero-order valence-electron chi connectivity index (χ0n) is 15.2. The lowest BCUT2D eigenvalue weighted by Gasteiger charge is -2.13. The molecule has 0 saturated carbocycles. The number of fused-ring (bicyclic) bond motifs is 1. The highest BCUT2D eigenvalue weighted by Crippen LogP contribution is 2.34. The lowest BCUT2D eigenvalue weighted by Crippen LogP contribution is -2.01. The second-order valence-corrected chi connectivity index (χ2v) is 6.57. The van der Waals surface area contributed by atoms with Gasteiger partial charge in [-0.3, -0.25) is 4.79 Å². The Kier molecular flexibility index (Phi) is 4.03. The second-order valence-electron chi connectivity index (χ2n) is 6.57. The summed E-state index contributed by atoms with van der Waals surface area (Å²) in [7, 11) is 1.79. The predicted octanol–water partition coefficient (Wildman–Crippen LogP) is 4.35. The van der Waals surface area contributed by atoms with Gasteiger partial charge in [-0.15, -0.1) is 5.10 Å². The summed E-state index contributed by atoms with van der Waals surface area (Å²) >= 11 is 0. The highest BCUT2D eigenvalue weighted by atomic mass is 19.1. The van der Waals surface area contributed by atoms with E-state index in [-0.39, 0.29) is 11.6 Å². The lowest BCUT2D eigenvalue weighted by molar-refractivity contribution is 0.101. The van der Waals surface area contributed by atoms with E-state index in [1.807, 2.05) is 25.1 Å². The number of Topliss-reactive ketones (excluding diaryl/α,β-unsaturated/α-hetero) is 1. The molecule has 134 valence electrons. The minimum Gasteiger partial charge on any atom is -0.294 e. The van der Waals surface area contributed by atoms with Gasteiger partial charge in [0.2, 0.25) is 0 Å². The average molecular weight is 360 g/mol. The number of pyridine rings is 1. The van der Waals surface area contributed by atoms with Crippen molar-refractivity contribution in [2.75, 3.05) is 0 Å². The molecule has 2 aromatic carbocycles. The van der Waals surface area contributed by atoms with E-state index in [9.17, 15) is 9.18 Å². The molecule has 0 N–H and O–H groups in total. The topological polar surface area (TPSA) is 60.7 Å². The van der Waals surface area contributed by atoms with E-state index in [0.717, 1.165) is 33.3 Å². The molecule has 4 rings (SSSR count). The van der Waals surface area contributed by atoms with Crippen LogP contribution in [-0.2, 0) is 7.05 Å². The molecular formula is C21H17FN4O. The second kappa shape index (κ2) is 6.39. The van der Waals surface area contributed by atoms with Crippen molar-refractivity contribution in [2.24, 2.45) is 7.05 Å². The molecule has 0 bridgehead atoms. The molecule has 0 amide bonds. The van der Waals surface area contributed by atoms with Crippen LogP contribution in [0.1, 0.15) is 22.8 Å². The van der Waals surface area contributed by atoms with Crippen molar-refractivity contribution in [1.29, 1.82) is 0 Å². The normalized spacial score (nSPS) is 11.1. The number of hydrogen-bond acceptors (Lipinski definition) is 4. The van der Waals surface area contributed by atoms with Gasteiger partial charge in [-0.25, -0.2) is 14.1 Å². The van der Waals surface area contributed by atoms with Gasteiger partial charge in [-0.1, -0.05) is 17.3 Å². The Morgan fingerprint density at radius 1 is 1.11 bits per heavy atom. The summed E-state index contributed by atoms with van der Waals surface area (Å²) in [5.74, 6) is -0.332. The number of halogens is 1. The highest BCUT2D eigenvalue weighted by Gasteiger charge is 2.17. The monoisotopic (exact) mass is 360 g/mol. The van der Waals surface area contributed by atoms with Gasteiger partial charge in [0.1, 0.15) is 11.5 Å². The molecule has 27 heavy (non-hydrogen) atoms. The van der Waals surface area contributed by atoms with Crippen molar-refractivity contribution >= 4 is 16.7 Å². The minimum atomic E-state index is -0.309. The van der Waals surface area contributed by atoms with E-state index in [4.69, 9.17) is 4.98 Å². The van der Waals surface area contributed by atoms with Gasteiger partial charge >= 0.3 is 0 Å². The lowest BCUT2D eigenvalue weighted by atomic mass is 9.96. The Balaban J connectivity index is 2.10. The number of aryl methyl sites for hydroxylation is 2. The summed E-state index contributed by atoms with van der Waals surface area (Å²) in [5.41, 5.74) is 5.32. The van der Waals surface area contributed by atoms with Crippen molar-refractivity contribution < 1.29 is 9.18 Å². The Labute approximate surface area is 155 Å². The molecule has 2 heterocycles. The summed E-state index contributed by atoms with van der Waals surface area (Å²) in [6, 6.07) is 12.0. The van der Waals surface area contributed by atoms with Gasteiger partial charge in [0.25, 0.3) is 0 Å². The van der Waals surface area contributed by atoms with Gasteiger partial charge in [-0.05, 0) is 55.3 Å². The molecule has 4 aromatic rings. The molecule has 0 fully saturated rings. The number of hydrogen-bond donors (Lipinski definition) is 0. The molecule has 0 aliphatic rings. The Bertz CT molecular complexity index is 1180. The van der Waals surface area contributed by atoms with E-state index < -0.39 is 0 Å². The van der Waals surface area contributed by atoms with Crippen molar-refractivity contribution in [3.05, 3.63) is 65.6 Å². The van der Waals surface area contributed by atoms with E-state index in [0.29, 0.717) is 11.3 Å². The van der Waals surface area contributed by atoms with Gasteiger partial charge in [0.15, 0.2) is 5.78 Å². The van der Waals surface area contributed by atoms with E-state index in [1.54, 1.807) is 37.0 Å². The third-order valence-electron chi connectivity index (χ3n) is 4.57. The fourth-order valence-electron chi connectivity index (χ4n) is 3.26. The minimum absolute atomic E-state index is 0.0227. The number of ketones is 1. The third-order valence-corrected chi connectivity index (χ3v) is 4.57. The van der Waals surface area contributed by atoms with Crippen LogP contribution in [0, 0.1) is 12.7 Å². The average Bonchev–Trinajstić information content (AvgIpc) is 3.06. The molecule has 0 aliphatic carbocycles. The molecule has 2 aromatic heterocycles. The number of benzene rings is 2. The molecular weight excluding hydrogens is 343 g/mol. The van der Waals surface area contributed by atoms with Crippen LogP contribution in [0.4, 0.5) is 4.39 Å². The molecule has 5 nitrogen and oxygen atoms in total. The van der Waals surface area contributed by atoms with Gasteiger partial charge in [-0.2, -0.15) is 0 Å². The van der Waals surface area contributed by atoms with Crippen molar-refractivity contribution in [3.8, 4) is 22.5 Å². The largest absolute Gasteiger partial charge is 0.294 e. The SMILES string of the molecule is CC(=O)c1cc(C)cc2nc(-c3cnnn3C)c(-c3ccc(F)cc3)cc12. The third kappa shape index (κ3) is 2.99. The molecule has 0 atom stereocenters. The van der Waals surface area contributed by atoms with Crippen LogP contribution in [0.25, 0.3) is 33.4 Å². The maximum absolute atomic E-state index is 13.4. The molecule has 0 radical (unpaired) electrons. The van der Waals surface area contributed by atoms with Crippen LogP contribution in [0.2, 0.25) is 0 Å². The van der Waals surface area contributed by atoms with Gasteiger partial charge < -0.3 is 0 Å². The summed E-state index contributed by atoms with van der Waals surface area (Å²) in [6.07, 6.45) is 1.64. The maximum Gasteiger partial charge on any atom is 0.160 e. The van der Waals surface area contributed by atoms with Crippen LogP contribution in [0.15, 0.2) is 48.7 Å². The van der Waals surface area contributed by atoms with E-state index in [1.165, 1.54) is 12.1 Å². The molecule has 0 aliphatic heterocycles. The zero-order chi connectivity index (χ0) is 19.1. The van der Waals surface area contributed by atoms with Crippen LogP contribution < -0.4 is 0 Å². The van der Waals surface area contributed by atoms with Crippen molar-refractivity contribution in [1.82, 2.24) is 20.0 Å². The Morgan fingerprint density at radius 2 is 1.85 bits per heavy atom. The quantitative estimate of drug-likeness (QED) is 0.510. The molecule has 6 heteroatoms. The van der Waals surface area contributed by atoms with Crippen LogP contribution in [0.3, 0.4) is 0 Å². The highest BCUT2D eigenvalue weighted by molar-refractivity contribution is 6.08. The fourth-order valence-corrected chi connectivity index (χ4v) is 3.26. The first-order valence-electron chi connectivity index (χ1n) is 8.51. The number of carbonyl (C=O) groups is 1. The van der Waals surface area contributed by atoms with Crippen LogP contribution in [0.5, 0.6) is 0 Å². The van der Waals surface area contributed by atoms with Crippen LogP contribution >= 0.6 is 0 Å². The zero-order valence-corrected chi connectivity index (χ0v) is 15.2. The molecule has 0 unspecified atom stereocenters. The van der Waals surface area contributed by atoms with Crippen molar-refractivity contribution in [2.45, 2.75) is 13.8 Å². The summed E-state index contributed by atoms with van der Waals surface area (Å²) in [5, 5.41) is 8.72. The molecule has 0 saturated heterocycles. The Hall–Kier alpha value is -3.41. The maximum atomic E-state index is 13.4. The summed E-state index contributed by atoms with van der Waals surface area (Å²) in [6.45, 7) is 3.48. The standard InChI is InChI=1S/C21H17FN4O/c1-12-8-16(13(2)27)18-10-17(14-4-6-15(22)7-5-14)21(24-19(18)9-12)20-11-23-25-26(20)3/h4-11H,1-3H3. The van der Waals surface area contributed by atoms with Crippen LogP contribution in [-0.4, -0.2) is 25.8 Å². The molecule has 0 spiro atoms. The predicted molar refractivity (Wildman–Crippen MR) is 102 cm³/mol.